The van der Waals surface area contributed by atoms with Gasteiger partial charge >= 0.3 is 0 Å². The molecule has 1 aliphatic heterocycles. The molecule has 0 saturated carbocycles. The highest BCUT2D eigenvalue weighted by Crippen LogP contribution is 2.27. The number of benzene rings is 1. The smallest absolute Gasteiger partial charge is 0.260 e. The van der Waals surface area contributed by atoms with Crippen LogP contribution in [-0.4, -0.2) is 41.7 Å². The van der Waals surface area contributed by atoms with Gasteiger partial charge in [0.05, 0.1) is 11.1 Å². The highest BCUT2D eigenvalue weighted by Gasteiger charge is 2.28. The van der Waals surface area contributed by atoms with Gasteiger partial charge in [-0.1, -0.05) is 23.2 Å². The average Bonchev–Trinajstić information content (AvgIpc) is 2.23. The number of ether oxygens (including phenoxy) is 1. The molecule has 17 heavy (non-hydrogen) atoms. The predicted molar refractivity (Wildman–Crippen MR) is 64.5 cm³/mol. The third-order valence-electron chi connectivity index (χ3n) is 2.46. The molecule has 0 spiro atoms. The second kappa shape index (κ2) is 5.12. The lowest BCUT2D eigenvalue weighted by Gasteiger charge is -2.35. The van der Waals surface area contributed by atoms with E-state index in [0.717, 1.165) is 0 Å². The number of nitrogens with zero attached hydrogens (tertiary/aromatic N) is 1. The van der Waals surface area contributed by atoms with Gasteiger partial charge < -0.3 is 14.7 Å². The number of rotatable bonds is 3. The SMILES string of the molecule is O=C(COc1ccc(Cl)cc1Cl)N1CC(O)C1. The van der Waals surface area contributed by atoms with Crippen LogP contribution in [0.15, 0.2) is 18.2 Å². The van der Waals surface area contributed by atoms with Crippen molar-refractivity contribution < 1.29 is 14.6 Å². The van der Waals surface area contributed by atoms with E-state index < -0.39 is 6.10 Å². The fraction of sp³-hybridized carbons (Fsp3) is 0.364. The minimum Gasteiger partial charge on any atom is -0.482 e. The summed E-state index contributed by atoms with van der Waals surface area (Å²) in [6, 6.07) is 4.81. The average molecular weight is 276 g/mol. The maximum absolute atomic E-state index is 11.5. The molecule has 1 N–H and O–H groups in total. The normalized spacial score (nSPS) is 15.6. The Hall–Kier alpha value is -0.970. The van der Waals surface area contributed by atoms with Crippen molar-refractivity contribution in [2.24, 2.45) is 0 Å². The Balaban J connectivity index is 1.87. The number of amides is 1. The Morgan fingerprint density at radius 1 is 1.47 bits per heavy atom. The van der Waals surface area contributed by atoms with Crippen molar-refractivity contribution in [3.8, 4) is 5.75 Å². The van der Waals surface area contributed by atoms with Gasteiger partial charge in [-0.3, -0.25) is 4.79 Å². The van der Waals surface area contributed by atoms with E-state index in [1.807, 2.05) is 0 Å². The number of carbonyl (C=O) groups excluding carboxylic acids is 1. The third-order valence-corrected chi connectivity index (χ3v) is 2.99. The van der Waals surface area contributed by atoms with Crippen molar-refractivity contribution in [1.82, 2.24) is 4.90 Å². The fourth-order valence-corrected chi connectivity index (χ4v) is 1.95. The molecule has 1 amide bonds. The third kappa shape index (κ3) is 3.03. The molecule has 1 aromatic rings. The molecule has 0 atom stereocenters. The van der Waals surface area contributed by atoms with Crippen molar-refractivity contribution in [2.45, 2.75) is 6.10 Å². The highest BCUT2D eigenvalue weighted by atomic mass is 35.5. The maximum Gasteiger partial charge on any atom is 0.260 e. The fourth-order valence-electron chi connectivity index (χ4n) is 1.48. The number of β-amino-alcohol motifs (C(OH)–C–C–N with tert-alkyl or cyclic N) is 1. The molecule has 0 bridgehead atoms. The topological polar surface area (TPSA) is 49.8 Å². The zero-order valence-corrected chi connectivity index (χ0v) is 10.4. The van der Waals surface area contributed by atoms with Crippen LogP contribution < -0.4 is 4.74 Å². The first-order valence-corrected chi connectivity index (χ1v) is 5.85. The molecule has 4 nitrogen and oxygen atoms in total. The Morgan fingerprint density at radius 2 is 2.18 bits per heavy atom. The van der Waals surface area contributed by atoms with Crippen molar-refractivity contribution in [2.75, 3.05) is 19.7 Å². The van der Waals surface area contributed by atoms with E-state index in [1.54, 1.807) is 18.2 Å². The maximum atomic E-state index is 11.5. The molecule has 2 rings (SSSR count). The Labute approximate surface area is 109 Å². The van der Waals surface area contributed by atoms with Gasteiger partial charge in [0.15, 0.2) is 6.61 Å². The van der Waals surface area contributed by atoms with Crippen LogP contribution >= 0.6 is 23.2 Å². The van der Waals surface area contributed by atoms with Crippen LogP contribution in [-0.2, 0) is 4.79 Å². The molecule has 92 valence electrons. The minimum absolute atomic E-state index is 0.0892. The molecule has 1 aromatic carbocycles. The van der Waals surface area contributed by atoms with Gasteiger partial charge in [-0.15, -0.1) is 0 Å². The van der Waals surface area contributed by atoms with Gasteiger partial charge in [-0.05, 0) is 18.2 Å². The summed E-state index contributed by atoms with van der Waals surface area (Å²) in [7, 11) is 0. The second-order valence-electron chi connectivity index (χ2n) is 3.82. The van der Waals surface area contributed by atoms with E-state index in [0.29, 0.717) is 28.9 Å². The lowest BCUT2D eigenvalue weighted by Crippen LogP contribution is -2.54. The van der Waals surface area contributed by atoms with Crippen molar-refractivity contribution in [1.29, 1.82) is 0 Å². The quantitative estimate of drug-likeness (QED) is 0.911. The summed E-state index contributed by atoms with van der Waals surface area (Å²) >= 11 is 11.6. The van der Waals surface area contributed by atoms with E-state index >= 15 is 0 Å². The van der Waals surface area contributed by atoms with E-state index in [4.69, 9.17) is 33.0 Å². The molecular weight excluding hydrogens is 265 g/mol. The summed E-state index contributed by atoms with van der Waals surface area (Å²) in [5, 5.41) is 9.94. The first-order chi connectivity index (χ1) is 8.06. The summed E-state index contributed by atoms with van der Waals surface area (Å²) in [5.74, 6) is 0.256. The van der Waals surface area contributed by atoms with Crippen LogP contribution in [0.1, 0.15) is 0 Å². The lowest BCUT2D eigenvalue weighted by molar-refractivity contribution is -0.143. The van der Waals surface area contributed by atoms with Crippen molar-refractivity contribution >= 4 is 29.1 Å². The van der Waals surface area contributed by atoms with Crippen molar-refractivity contribution in [3.05, 3.63) is 28.2 Å². The number of aliphatic hydroxyl groups is 1. The van der Waals surface area contributed by atoms with Crippen LogP contribution in [0.3, 0.4) is 0 Å². The summed E-state index contributed by atoms with van der Waals surface area (Å²) in [5.41, 5.74) is 0. The lowest BCUT2D eigenvalue weighted by atomic mass is 10.2. The zero-order valence-electron chi connectivity index (χ0n) is 8.90. The predicted octanol–water partition coefficient (Wildman–Crippen LogP) is 1.58. The molecule has 0 unspecified atom stereocenters. The summed E-state index contributed by atoms with van der Waals surface area (Å²) in [6.45, 7) is 0.654. The zero-order chi connectivity index (χ0) is 12.4. The van der Waals surface area contributed by atoms with E-state index in [1.165, 1.54) is 4.90 Å². The number of hydrogen-bond acceptors (Lipinski definition) is 3. The van der Waals surface area contributed by atoms with Gasteiger partial charge in [-0.25, -0.2) is 0 Å². The van der Waals surface area contributed by atoms with Crippen LogP contribution in [0.5, 0.6) is 5.75 Å². The molecule has 1 aliphatic rings. The number of likely N-dealkylation sites (tertiary alicyclic amines) is 1. The Morgan fingerprint density at radius 3 is 2.76 bits per heavy atom. The standard InChI is InChI=1S/C11H11Cl2NO3/c12-7-1-2-10(9(13)3-7)17-6-11(16)14-4-8(15)5-14/h1-3,8,15H,4-6H2. The van der Waals surface area contributed by atoms with Gasteiger partial charge in [0.2, 0.25) is 0 Å². The second-order valence-corrected chi connectivity index (χ2v) is 4.66. The van der Waals surface area contributed by atoms with Crippen LogP contribution in [0.25, 0.3) is 0 Å². The van der Waals surface area contributed by atoms with Crippen LogP contribution in [0, 0.1) is 0 Å². The number of carbonyl (C=O) groups is 1. The molecule has 1 fully saturated rings. The van der Waals surface area contributed by atoms with E-state index in [9.17, 15) is 4.79 Å². The monoisotopic (exact) mass is 275 g/mol. The molecular formula is C11H11Cl2NO3. The molecule has 0 aromatic heterocycles. The molecule has 0 radical (unpaired) electrons. The molecule has 6 heteroatoms. The summed E-state index contributed by atoms with van der Waals surface area (Å²) < 4.78 is 5.28. The number of halogens is 2. The van der Waals surface area contributed by atoms with Crippen molar-refractivity contribution in [3.63, 3.8) is 0 Å². The Kier molecular flexibility index (Phi) is 3.76. The minimum atomic E-state index is -0.405. The van der Waals surface area contributed by atoms with Gasteiger partial charge in [-0.2, -0.15) is 0 Å². The number of hydrogen-bond donors (Lipinski definition) is 1. The Bertz CT molecular complexity index is 433. The van der Waals surface area contributed by atoms with E-state index in [2.05, 4.69) is 0 Å². The van der Waals surface area contributed by atoms with Crippen LogP contribution in [0.2, 0.25) is 10.0 Å². The van der Waals surface area contributed by atoms with Gasteiger partial charge in [0.1, 0.15) is 5.75 Å². The van der Waals surface area contributed by atoms with Gasteiger partial charge in [0, 0.05) is 18.1 Å². The summed E-state index contributed by atoms with van der Waals surface area (Å²) in [6.07, 6.45) is -0.405. The van der Waals surface area contributed by atoms with E-state index in [-0.39, 0.29) is 12.5 Å². The molecule has 0 aliphatic carbocycles. The van der Waals surface area contributed by atoms with Gasteiger partial charge in [0.25, 0.3) is 5.91 Å². The number of aliphatic hydroxyl groups excluding tert-OH is 1. The largest absolute Gasteiger partial charge is 0.482 e. The summed E-state index contributed by atoms with van der Waals surface area (Å²) in [4.78, 5) is 13.1. The molecule has 1 heterocycles. The first-order valence-electron chi connectivity index (χ1n) is 5.10. The molecule has 1 saturated heterocycles. The first kappa shape index (κ1) is 12.5. The highest BCUT2D eigenvalue weighted by molar-refractivity contribution is 6.35. The van der Waals surface area contributed by atoms with Crippen LogP contribution in [0.4, 0.5) is 0 Å².